The van der Waals surface area contributed by atoms with Crippen LogP contribution < -0.4 is 0 Å². The lowest BCUT2D eigenvalue weighted by molar-refractivity contribution is -0.138. The van der Waals surface area contributed by atoms with Gasteiger partial charge in [0.1, 0.15) is 5.70 Å². The van der Waals surface area contributed by atoms with Crippen LogP contribution in [-0.2, 0) is 9.53 Å². The number of halogens is 1. The zero-order chi connectivity index (χ0) is 12.7. The van der Waals surface area contributed by atoms with E-state index in [1.807, 2.05) is 12.1 Å². The number of ether oxygens (including phenoxy) is 1. The minimum absolute atomic E-state index is 0.0586. The van der Waals surface area contributed by atoms with Crippen molar-refractivity contribution in [1.82, 2.24) is 0 Å². The zero-order valence-electron chi connectivity index (χ0n) is 9.13. The van der Waals surface area contributed by atoms with Crippen molar-refractivity contribution in [3.8, 4) is 0 Å². The molecular weight excluding hydrogens is 286 g/mol. The number of azide groups is 1. The van der Waals surface area contributed by atoms with Crippen LogP contribution in [0.5, 0.6) is 0 Å². The monoisotopic (exact) mass is 295 g/mol. The van der Waals surface area contributed by atoms with Gasteiger partial charge in [-0.25, -0.2) is 4.79 Å². The van der Waals surface area contributed by atoms with E-state index in [0.29, 0.717) is 0 Å². The minimum atomic E-state index is -0.631. The van der Waals surface area contributed by atoms with Crippen molar-refractivity contribution in [2.45, 2.75) is 6.92 Å². The summed E-state index contributed by atoms with van der Waals surface area (Å²) in [6, 6.07) is 7.22. The van der Waals surface area contributed by atoms with Gasteiger partial charge in [-0.1, -0.05) is 33.2 Å². The van der Waals surface area contributed by atoms with Gasteiger partial charge in [0.2, 0.25) is 0 Å². The first-order valence-corrected chi connectivity index (χ1v) is 5.66. The first-order chi connectivity index (χ1) is 8.17. The molecule has 0 fully saturated rings. The summed E-state index contributed by atoms with van der Waals surface area (Å²) in [4.78, 5) is 14.0. The van der Waals surface area contributed by atoms with Gasteiger partial charge in [-0.2, -0.15) is 0 Å². The molecular formula is C11H10BrN3O2. The fourth-order valence-electron chi connectivity index (χ4n) is 1.10. The smallest absolute Gasteiger partial charge is 0.340 e. The van der Waals surface area contributed by atoms with Crippen LogP contribution >= 0.6 is 15.9 Å². The molecule has 0 unspecified atom stereocenters. The van der Waals surface area contributed by atoms with Gasteiger partial charge in [0.05, 0.1) is 6.61 Å². The number of rotatable bonds is 4. The first-order valence-electron chi connectivity index (χ1n) is 4.87. The maximum absolute atomic E-state index is 11.4. The van der Waals surface area contributed by atoms with Crippen molar-refractivity contribution in [3.05, 3.63) is 50.4 Å². The molecule has 0 saturated heterocycles. The van der Waals surface area contributed by atoms with Gasteiger partial charge in [-0.15, -0.1) is 0 Å². The number of benzene rings is 1. The predicted octanol–water partition coefficient (Wildman–Crippen LogP) is 3.66. The van der Waals surface area contributed by atoms with Crippen LogP contribution in [0.25, 0.3) is 16.5 Å². The molecule has 0 atom stereocenters. The number of nitrogens with zero attached hydrogens (tertiary/aromatic N) is 3. The lowest BCUT2D eigenvalue weighted by Gasteiger charge is -2.01. The summed E-state index contributed by atoms with van der Waals surface area (Å²) in [5.74, 6) is -0.631. The summed E-state index contributed by atoms with van der Waals surface area (Å²) in [6.45, 7) is 1.92. The van der Waals surface area contributed by atoms with Crippen molar-refractivity contribution in [2.24, 2.45) is 5.11 Å². The Bertz CT molecular complexity index is 476. The predicted molar refractivity (Wildman–Crippen MR) is 67.9 cm³/mol. The number of hydrogen-bond acceptors (Lipinski definition) is 3. The van der Waals surface area contributed by atoms with E-state index in [4.69, 9.17) is 10.3 Å². The molecule has 0 heterocycles. The molecule has 0 spiro atoms. The molecule has 0 bridgehead atoms. The van der Waals surface area contributed by atoms with Gasteiger partial charge in [0.15, 0.2) is 0 Å². The van der Waals surface area contributed by atoms with E-state index in [1.54, 1.807) is 19.1 Å². The molecule has 6 heteroatoms. The van der Waals surface area contributed by atoms with E-state index in [2.05, 4.69) is 26.0 Å². The molecule has 5 nitrogen and oxygen atoms in total. The van der Waals surface area contributed by atoms with Gasteiger partial charge in [0, 0.05) is 9.38 Å². The molecule has 1 rings (SSSR count). The normalized spacial score (nSPS) is 10.6. The Kier molecular flexibility index (Phi) is 5.26. The highest BCUT2D eigenvalue weighted by Crippen LogP contribution is 2.14. The van der Waals surface area contributed by atoms with Crippen LogP contribution in [0.1, 0.15) is 12.5 Å². The molecule has 0 amide bonds. The summed E-state index contributed by atoms with van der Waals surface area (Å²) in [5, 5.41) is 3.32. The fraction of sp³-hybridized carbons (Fsp3) is 0.182. The lowest BCUT2D eigenvalue weighted by Crippen LogP contribution is -2.05. The maximum atomic E-state index is 11.4. The fourth-order valence-corrected chi connectivity index (χ4v) is 1.36. The number of carbonyl (C=O) groups is 1. The van der Waals surface area contributed by atoms with Crippen LogP contribution in [0.4, 0.5) is 0 Å². The Morgan fingerprint density at radius 2 is 2.18 bits per heavy atom. The molecule has 17 heavy (non-hydrogen) atoms. The van der Waals surface area contributed by atoms with Gasteiger partial charge >= 0.3 is 5.97 Å². The second kappa shape index (κ2) is 6.73. The summed E-state index contributed by atoms with van der Waals surface area (Å²) < 4.78 is 5.70. The van der Waals surface area contributed by atoms with Crippen LogP contribution in [-0.4, -0.2) is 12.6 Å². The summed E-state index contributed by atoms with van der Waals surface area (Å²) in [5.41, 5.74) is 9.07. The molecule has 0 aromatic heterocycles. The van der Waals surface area contributed by atoms with E-state index >= 15 is 0 Å². The topological polar surface area (TPSA) is 75.1 Å². The van der Waals surface area contributed by atoms with E-state index in [-0.39, 0.29) is 12.3 Å². The highest BCUT2D eigenvalue weighted by Gasteiger charge is 2.08. The average molecular weight is 296 g/mol. The van der Waals surface area contributed by atoms with Crippen LogP contribution in [0.3, 0.4) is 0 Å². The molecule has 0 saturated carbocycles. The molecule has 0 aliphatic heterocycles. The maximum Gasteiger partial charge on any atom is 0.340 e. The van der Waals surface area contributed by atoms with Crippen LogP contribution in [0.15, 0.2) is 39.5 Å². The van der Waals surface area contributed by atoms with Crippen LogP contribution in [0, 0.1) is 0 Å². The third kappa shape index (κ3) is 4.30. The molecule has 1 aromatic carbocycles. The number of esters is 1. The van der Waals surface area contributed by atoms with Crippen molar-refractivity contribution in [1.29, 1.82) is 0 Å². The Labute approximate surface area is 107 Å². The summed E-state index contributed by atoms with van der Waals surface area (Å²) in [7, 11) is 0. The zero-order valence-corrected chi connectivity index (χ0v) is 10.7. The minimum Gasteiger partial charge on any atom is -0.462 e. The Balaban J connectivity index is 3.01. The highest BCUT2D eigenvalue weighted by atomic mass is 79.9. The Hall–Kier alpha value is -1.78. The molecule has 0 aliphatic carbocycles. The first kappa shape index (κ1) is 13.3. The Morgan fingerprint density at radius 3 is 2.71 bits per heavy atom. The van der Waals surface area contributed by atoms with Gasteiger partial charge in [0.25, 0.3) is 0 Å². The van der Waals surface area contributed by atoms with Crippen molar-refractivity contribution < 1.29 is 9.53 Å². The van der Waals surface area contributed by atoms with Crippen LogP contribution in [0.2, 0.25) is 0 Å². The summed E-state index contributed by atoms with van der Waals surface area (Å²) >= 11 is 3.30. The molecule has 0 radical (unpaired) electrons. The lowest BCUT2D eigenvalue weighted by atomic mass is 10.2. The average Bonchev–Trinajstić information content (AvgIpc) is 2.31. The molecule has 0 aliphatic rings. The van der Waals surface area contributed by atoms with E-state index in [1.165, 1.54) is 6.08 Å². The van der Waals surface area contributed by atoms with Crippen molar-refractivity contribution in [3.63, 3.8) is 0 Å². The van der Waals surface area contributed by atoms with Crippen molar-refractivity contribution >= 4 is 28.0 Å². The third-order valence-electron chi connectivity index (χ3n) is 1.81. The third-order valence-corrected chi connectivity index (χ3v) is 2.34. The van der Waals surface area contributed by atoms with Gasteiger partial charge in [-0.05, 0) is 36.2 Å². The second-order valence-corrected chi connectivity index (χ2v) is 3.91. The standard InChI is InChI=1S/C11H10BrN3O2/c1-2-17-11(16)10(14-15-13)7-8-3-5-9(12)6-4-8/h3-7H,2H2,1H3/b10-7-. The SMILES string of the molecule is CCOC(=O)/C(=C/c1ccc(Br)cc1)N=[N+]=[N-]. The molecule has 0 N–H and O–H groups in total. The van der Waals surface area contributed by atoms with Gasteiger partial charge < -0.3 is 4.74 Å². The molecule has 88 valence electrons. The van der Waals surface area contributed by atoms with E-state index in [0.717, 1.165) is 10.0 Å². The largest absolute Gasteiger partial charge is 0.462 e. The van der Waals surface area contributed by atoms with Crippen molar-refractivity contribution in [2.75, 3.05) is 6.61 Å². The molecule has 1 aromatic rings. The highest BCUT2D eigenvalue weighted by molar-refractivity contribution is 9.10. The van der Waals surface area contributed by atoms with E-state index < -0.39 is 5.97 Å². The number of hydrogen-bond donors (Lipinski definition) is 0. The van der Waals surface area contributed by atoms with Gasteiger partial charge in [-0.3, -0.25) is 0 Å². The number of carbonyl (C=O) groups excluding carboxylic acids is 1. The van der Waals surface area contributed by atoms with E-state index in [9.17, 15) is 4.79 Å². The quantitative estimate of drug-likeness (QED) is 0.279. The Morgan fingerprint density at radius 1 is 1.53 bits per heavy atom. The second-order valence-electron chi connectivity index (χ2n) is 2.99. The summed E-state index contributed by atoms with van der Waals surface area (Å²) in [6.07, 6.45) is 1.48.